The first-order chi connectivity index (χ1) is 17.1. The van der Waals surface area contributed by atoms with E-state index in [2.05, 4.69) is 31.1 Å². The number of pyridine rings is 2. The van der Waals surface area contributed by atoms with Gasteiger partial charge in [0.25, 0.3) is 0 Å². The van der Waals surface area contributed by atoms with E-state index in [0.29, 0.717) is 18.8 Å². The zero-order valence-electron chi connectivity index (χ0n) is 21.8. The SMILES string of the molecule is CCC[CH2][Sn]([CH2]CCC)([CH2]CCC)[c]1nc(C(=O)NCc2cccc(CN)c2)cc2ccncc12. The van der Waals surface area contributed by atoms with Gasteiger partial charge >= 0.3 is 216 Å². The van der Waals surface area contributed by atoms with E-state index in [-0.39, 0.29) is 5.91 Å². The molecule has 0 aliphatic heterocycles. The van der Waals surface area contributed by atoms with E-state index < -0.39 is 18.4 Å². The Morgan fingerprint density at radius 1 is 0.943 bits per heavy atom. The molecule has 3 N–H and O–H groups in total. The van der Waals surface area contributed by atoms with Crippen molar-refractivity contribution in [1.82, 2.24) is 15.3 Å². The summed E-state index contributed by atoms with van der Waals surface area (Å²) in [4.78, 5) is 23.0. The van der Waals surface area contributed by atoms with Gasteiger partial charge in [-0.05, 0) is 0 Å². The Kier molecular flexibility index (Phi) is 11.0. The molecular weight excluding hydrogens is 539 g/mol. The van der Waals surface area contributed by atoms with E-state index in [4.69, 9.17) is 10.7 Å². The number of hydrogen-bond donors (Lipinski definition) is 2. The summed E-state index contributed by atoms with van der Waals surface area (Å²) in [7, 11) is 0. The fourth-order valence-electron chi connectivity index (χ4n) is 5.02. The Bertz CT molecular complexity index is 1080. The molecule has 2 aromatic heterocycles. The van der Waals surface area contributed by atoms with Gasteiger partial charge in [0.05, 0.1) is 0 Å². The molecule has 0 radical (unpaired) electrons. The summed E-state index contributed by atoms with van der Waals surface area (Å²) in [6.45, 7) is 7.81. The number of nitrogens with zero attached hydrogens (tertiary/aromatic N) is 2. The van der Waals surface area contributed by atoms with E-state index in [0.717, 1.165) is 16.5 Å². The van der Waals surface area contributed by atoms with Crippen molar-refractivity contribution in [2.75, 3.05) is 0 Å². The van der Waals surface area contributed by atoms with Gasteiger partial charge in [-0.3, -0.25) is 0 Å². The number of nitrogens with one attached hydrogen (secondary N) is 1. The van der Waals surface area contributed by atoms with Crippen molar-refractivity contribution in [2.45, 2.75) is 85.7 Å². The van der Waals surface area contributed by atoms with Crippen LogP contribution in [-0.2, 0) is 13.1 Å². The number of rotatable bonds is 14. The molecule has 3 rings (SSSR count). The minimum atomic E-state index is -2.89. The van der Waals surface area contributed by atoms with E-state index in [1.54, 1.807) is 0 Å². The molecule has 0 unspecified atom stereocenters. The molecule has 188 valence electrons. The maximum atomic E-state index is 13.3. The number of amides is 1. The second-order valence-corrected chi connectivity index (χ2v) is 22.7. The van der Waals surface area contributed by atoms with Crippen LogP contribution in [0, 0.1) is 0 Å². The fraction of sp³-hybridized carbons (Fsp3) is 0.483. The third-order valence-corrected chi connectivity index (χ3v) is 22.3. The predicted octanol–water partition coefficient (Wildman–Crippen LogP) is 6.07. The minimum absolute atomic E-state index is 0.107. The van der Waals surface area contributed by atoms with E-state index in [1.807, 2.05) is 48.8 Å². The Morgan fingerprint density at radius 3 is 2.23 bits per heavy atom. The van der Waals surface area contributed by atoms with Crippen LogP contribution in [0.25, 0.3) is 10.8 Å². The Morgan fingerprint density at radius 2 is 1.60 bits per heavy atom. The van der Waals surface area contributed by atoms with Crippen LogP contribution in [0.15, 0.2) is 48.8 Å². The molecule has 1 amide bonds. The summed E-state index contributed by atoms with van der Waals surface area (Å²) >= 11 is -2.89. The molecule has 0 saturated carbocycles. The third kappa shape index (κ3) is 7.26. The molecule has 0 fully saturated rings. The number of benzene rings is 1. The molecule has 1 aromatic carbocycles. The summed E-state index contributed by atoms with van der Waals surface area (Å²) in [5.41, 5.74) is 8.44. The third-order valence-electron chi connectivity index (χ3n) is 7.08. The van der Waals surface area contributed by atoms with Gasteiger partial charge in [0.2, 0.25) is 0 Å². The van der Waals surface area contributed by atoms with Gasteiger partial charge in [-0.25, -0.2) is 0 Å². The Balaban J connectivity index is 2.01. The molecule has 3 aromatic rings. The quantitative estimate of drug-likeness (QED) is 0.227. The van der Waals surface area contributed by atoms with Crippen molar-refractivity contribution in [3.05, 3.63) is 65.6 Å². The van der Waals surface area contributed by atoms with Gasteiger partial charge in [0.1, 0.15) is 0 Å². The van der Waals surface area contributed by atoms with Crippen LogP contribution in [0.3, 0.4) is 0 Å². The molecule has 0 saturated heterocycles. The van der Waals surface area contributed by atoms with Crippen LogP contribution in [0.5, 0.6) is 0 Å². The predicted molar refractivity (Wildman–Crippen MR) is 150 cm³/mol. The van der Waals surface area contributed by atoms with Crippen molar-refractivity contribution in [3.63, 3.8) is 0 Å². The second kappa shape index (κ2) is 13.9. The summed E-state index contributed by atoms with van der Waals surface area (Å²) in [5, 5.41) is 5.37. The number of carbonyl (C=O) groups is 1. The van der Waals surface area contributed by atoms with Gasteiger partial charge in [-0.2, -0.15) is 0 Å². The standard InChI is InChI=1S/C17H15N4O.3C4H9.Sn/c18-8-12-2-1-3-13(6-12)9-21-17(22)16-7-14-4-5-19-10-15(14)11-20-16;3*1-3-4-2;/h1-7,10H,8-9,18H2,(H,21,22);3*1,3-4H2,2H3;. The molecule has 5 nitrogen and oxygen atoms in total. The van der Waals surface area contributed by atoms with Crippen molar-refractivity contribution in [3.8, 4) is 0 Å². The molecule has 0 bridgehead atoms. The van der Waals surface area contributed by atoms with Gasteiger partial charge in [0.15, 0.2) is 0 Å². The normalized spacial score (nSPS) is 11.7. The van der Waals surface area contributed by atoms with Gasteiger partial charge < -0.3 is 0 Å². The monoisotopic (exact) mass is 582 g/mol. The van der Waals surface area contributed by atoms with E-state index in [1.165, 1.54) is 60.9 Å². The van der Waals surface area contributed by atoms with Crippen molar-refractivity contribution >= 4 is 38.8 Å². The topological polar surface area (TPSA) is 80.9 Å². The second-order valence-electron chi connectivity index (χ2n) is 9.75. The summed E-state index contributed by atoms with van der Waals surface area (Å²) in [6.07, 6.45) is 11.2. The average Bonchev–Trinajstić information content (AvgIpc) is 2.91. The van der Waals surface area contributed by atoms with Crippen LogP contribution in [0.4, 0.5) is 0 Å². The van der Waals surface area contributed by atoms with E-state index in [9.17, 15) is 4.79 Å². The fourth-order valence-corrected chi connectivity index (χ4v) is 21.3. The van der Waals surface area contributed by atoms with Crippen LogP contribution >= 0.6 is 0 Å². The first kappa shape index (κ1) is 27.6. The van der Waals surface area contributed by atoms with Crippen LogP contribution < -0.4 is 14.8 Å². The first-order valence-electron chi connectivity index (χ1n) is 13.4. The number of nitrogens with two attached hydrogens (primary N) is 1. The average molecular weight is 581 g/mol. The number of hydrogen-bond acceptors (Lipinski definition) is 4. The van der Waals surface area contributed by atoms with E-state index >= 15 is 0 Å². The van der Waals surface area contributed by atoms with Gasteiger partial charge in [-0.15, -0.1) is 0 Å². The molecule has 6 heteroatoms. The van der Waals surface area contributed by atoms with Crippen LogP contribution in [0.1, 0.15) is 80.9 Å². The number of fused-ring (bicyclic) bond motifs is 1. The van der Waals surface area contributed by atoms with Gasteiger partial charge in [0, 0.05) is 0 Å². The number of aromatic nitrogens is 2. The maximum absolute atomic E-state index is 13.3. The zero-order valence-corrected chi connectivity index (χ0v) is 24.6. The van der Waals surface area contributed by atoms with Crippen molar-refractivity contribution in [2.24, 2.45) is 5.73 Å². The molecular formula is C29H42N4OSn. The zero-order chi connectivity index (χ0) is 25.1. The molecule has 35 heavy (non-hydrogen) atoms. The van der Waals surface area contributed by atoms with Crippen molar-refractivity contribution in [1.29, 1.82) is 0 Å². The van der Waals surface area contributed by atoms with Crippen molar-refractivity contribution < 1.29 is 4.79 Å². The van der Waals surface area contributed by atoms with Gasteiger partial charge in [-0.1, -0.05) is 0 Å². The van der Waals surface area contributed by atoms with Crippen LogP contribution in [-0.4, -0.2) is 34.3 Å². The molecule has 0 spiro atoms. The molecule has 0 aliphatic carbocycles. The molecule has 0 atom stereocenters. The summed E-state index contributed by atoms with van der Waals surface area (Å²) in [5.74, 6) is -0.107. The summed E-state index contributed by atoms with van der Waals surface area (Å²) < 4.78 is 5.19. The number of unbranched alkanes of at least 4 members (excludes halogenated alkanes) is 3. The Hall–Kier alpha value is -1.99. The Labute approximate surface area is 215 Å². The molecule has 0 aliphatic rings. The van der Waals surface area contributed by atoms with Crippen LogP contribution in [0.2, 0.25) is 13.3 Å². The number of carbonyl (C=O) groups excluding carboxylic acids is 1. The summed E-state index contributed by atoms with van der Waals surface area (Å²) in [6, 6.07) is 12.0. The molecule has 2 heterocycles. The first-order valence-corrected chi connectivity index (χ1v) is 20.9.